The predicted molar refractivity (Wildman–Crippen MR) is 51.4 cm³/mol. The molecule has 0 unspecified atom stereocenters. The van der Waals surface area contributed by atoms with Crippen molar-refractivity contribution in [2.24, 2.45) is 0 Å². The van der Waals surface area contributed by atoms with Gasteiger partial charge in [-0.25, -0.2) is 13.2 Å². The molecule has 0 bridgehead atoms. The monoisotopic (exact) mass is 233 g/mol. The normalized spacial score (nSPS) is 10.0. The Morgan fingerprint density at radius 2 is 2.00 bits per heavy atom. The lowest BCUT2D eigenvalue weighted by molar-refractivity contribution is -0.140. The van der Waals surface area contributed by atoms with E-state index >= 15 is 0 Å². The van der Waals surface area contributed by atoms with E-state index in [1.165, 1.54) is 7.11 Å². The van der Waals surface area contributed by atoms with Crippen LogP contribution >= 0.6 is 0 Å². The second-order valence-electron chi connectivity index (χ2n) is 2.98. The minimum absolute atomic E-state index is 0.00886. The van der Waals surface area contributed by atoms with E-state index in [-0.39, 0.29) is 18.7 Å². The molecule has 0 fully saturated rings. The summed E-state index contributed by atoms with van der Waals surface area (Å²) in [5, 5.41) is 2.46. The van der Waals surface area contributed by atoms with Gasteiger partial charge in [0.1, 0.15) is 0 Å². The first kappa shape index (κ1) is 12.4. The van der Waals surface area contributed by atoms with Crippen molar-refractivity contribution in [1.29, 1.82) is 0 Å². The molecule has 0 aromatic heterocycles. The summed E-state index contributed by atoms with van der Waals surface area (Å²) in [6.07, 6.45) is 0.00886. The highest BCUT2D eigenvalue weighted by molar-refractivity contribution is 5.69. The fourth-order valence-electron chi connectivity index (χ4n) is 1.06. The molecule has 0 spiro atoms. The van der Waals surface area contributed by atoms with Gasteiger partial charge in [-0.05, 0) is 12.1 Å². The maximum Gasteiger partial charge on any atom is 0.307 e. The third-order valence-electron chi connectivity index (χ3n) is 1.91. The zero-order chi connectivity index (χ0) is 12.1. The topological polar surface area (TPSA) is 38.3 Å². The van der Waals surface area contributed by atoms with Gasteiger partial charge in [-0.1, -0.05) is 0 Å². The summed E-state index contributed by atoms with van der Waals surface area (Å²) in [4.78, 5) is 10.7. The van der Waals surface area contributed by atoms with Gasteiger partial charge < -0.3 is 10.1 Å². The Balaban J connectivity index is 2.61. The summed E-state index contributed by atoms with van der Waals surface area (Å²) in [5.41, 5.74) is -0.192. The molecule has 0 saturated carbocycles. The third-order valence-corrected chi connectivity index (χ3v) is 1.91. The van der Waals surface area contributed by atoms with Crippen LogP contribution in [0.25, 0.3) is 0 Å². The maximum atomic E-state index is 13.1. The van der Waals surface area contributed by atoms with Gasteiger partial charge in [0.15, 0.2) is 17.5 Å². The van der Waals surface area contributed by atoms with Crippen molar-refractivity contribution >= 4 is 11.7 Å². The molecule has 0 aliphatic carbocycles. The van der Waals surface area contributed by atoms with Crippen LogP contribution in [-0.4, -0.2) is 19.6 Å². The zero-order valence-corrected chi connectivity index (χ0v) is 8.52. The van der Waals surface area contributed by atoms with Gasteiger partial charge in [-0.15, -0.1) is 0 Å². The van der Waals surface area contributed by atoms with Crippen molar-refractivity contribution in [3.8, 4) is 0 Å². The Kier molecular flexibility index (Phi) is 4.16. The van der Waals surface area contributed by atoms with E-state index in [4.69, 9.17) is 0 Å². The van der Waals surface area contributed by atoms with Gasteiger partial charge in [-0.2, -0.15) is 0 Å². The standard InChI is InChI=1S/C10H10F3NO2/c1-16-8(15)4-5-14-7-3-2-6(11)9(12)10(7)13/h2-3,14H,4-5H2,1H3. The summed E-state index contributed by atoms with van der Waals surface area (Å²) in [6.45, 7) is 0.0780. The van der Waals surface area contributed by atoms with Crippen LogP contribution in [0.3, 0.4) is 0 Å². The van der Waals surface area contributed by atoms with Crippen LogP contribution in [0.1, 0.15) is 6.42 Å². The Bertz CT molecular complexity index is 396. The first-order valence-electron chi connectivity index (χ1n) is 4.50. The molecule has 0 radical (unpaired) electrons. The molecule has 6 heteroatoms. The molecule has 1 N–H and O–H groups in total. The first-order valence-corrected chi connectivity index (χ1v) is 4.50. The van der Waals surface area contributed by atoms with Crippen molar-refractivity contribution in [3.05, 3.63) is 29.6 Å². The van der Waals surface area contributed by atoms with E-state index < -0.39 is 23.4 Å². The van der Waals surface area contributed by atoms with Gasteiger partial charge in [0, 0.05) is 6.54 Å². The molecule has 0 aliphatic rings. The molecular weight excluding hydrogens is 223 g/mol. The van der Waals surface area contributed by atoms with Gasteiger partial charge in [0.2, 0.25) is 0 Å². The Morgan fingerprint density at radius 3 is 2.62 bits per heavy atom. The number of hydrogen-bond acceptors (Lipinski definition) is 3. The third kappa shape index (κ3) is 2.88. The summed E-state index contributed by atoms with van der Waals surface area (Å²) >= 11 is 0. The van der Waals surface area contributed by atoms with Crippen LogP contribution in [-0.2, 0) is 9.53 Å². The Morgan fingerprint density at radius 1 is 1.31 bits per heavy atom. The lowest BCUT2D eigenvalue weighted by Gasteiger charge is -2.07. The molecule has 1 aromatic rings. The second kappa shape index (κ2) is 5.39. The summed E-state index contributed by atoms with van der Waals surface area (Å²) < 4.78 is 42.7. The van der Waals surface area contributed by atoms with Crippen LogP contribution < -0.4 is 5.32 Å². The van der Waals surface area contributed by atoms with Gasteiger partial charge in [0.25, 0.3) is 0 Å². The fraction of sp³-hybridized carbons (Fsp3) is 0.300. The first-order chi connectivity index (χ1) is 7.56. The van der Waals surface area contributed by atoms with Gasteiger partial charge in [-0.3, -0.25) is 4.79 Å². The van der Waals surface area contributed by atoms with Crippen molar-refractivity contribution < 1.29 is 22.7 Å². The van der Waals surface area contributed by atoms with E-state index in [0.717, 1.165) is 12.1 Å². The minimum Gasteiger partial charge on any atom is -0.469 e. The zero-order valence-electron chi connectivity index (χ0n) is 8.52. The number of halogens is 3. The van der Waals surface area contributed by atoms with Crippen LogP contribution in [0.5, 0.6) is 0 Å². The Labute approximate surface area is 90.2 Å². The van der Waals surface area contributed by atoms with E-state index in [1.54, 1.807) is 0 Å². The number of benzene rings is 1. The molecular formula is C10H10F3NO2. The Hall–Kier alpha value is -1.72. The van der Waals surface area contributed by atoms with Crippen LogP contribution in [0, 0.1) is 17.5 Å². The number of hydrogen-bond donors (Lipinski definition) is 1. The molecule has 1 aromatic carbocycles. The molecule has 3 nitrogen and oxygen atoms in total. The van der Waals surface area contributed by atoms with Crippen molar-refractivity contribution in [2.45, 2.75) is 6.42 Å². The molecule has 1 rings (SSSR count). The van der Waals surface area contributed by atoms with Crippen LogP contribution in [0.2, 0.25) is 0 Å². The summed E-state index contributed by atoms with van der Waals surface area (Å²) in [7, 11) is 1.22. The number of anilines is 1. The van der Waals surface area contributed by atoms with Crippen LogP contribution in [0.15, 0.2) is 12.1 Å². The fourth-order valence-corrected chi connectivity index (χ4v) is 1.06. The van der Waals surface area contributed by atoms with E-state index in [2.05, 4.69) is 10.1 Å². The SMILES string of the molecule is COC(=O)CCNc1ccc(F)c(F)c1F. The molecule has 16 heavy (non-hydrogen) atoms. The largest absolute Gasteiger partial charge is 0.469 e. The number of carbonyl (C=O) groups is 1. The molecule has 0 saturated heterocycles. The maximum absolute atomic E-state index is 13.1. The minimum atomic E-state index is -1.54. The second-order valence-corrected chi connectivity index (χ2v) is 2.98. The highest BCUT2D eigenvalue weighted by Gasteiger charge is 2.13. The number of nitrogens with one attached hydrogen (secondary N) is 1. The molecule has 0 atom stereocenters. The molecule has 0 amide bonds. The summed E-state index contributed by atoms with van der Waals surface area (Å²) in [6, 6.07) is 1.86. The van der Waals surface area contributed by atoms with E-state index in [9.17, 15) is 18.0 Å². The smallest absolute Gasteiger partial charge is 0.307 e. The molecule has 88 valence electrons. The highest BCUT2D eigenvalue weighted by Crippen LogP contribution is 2.19. The quantitative estimate of drug-likeness (QED) is 0.639. The highest BCUT2D eigenvalue weighted by atomic mass is 19.2. The number of ether oxygens (including phenoxy) is 1. The molecule has 0 aliphatic heterocycles. The van der Waals surface area contributed by atoms with E-state index in [1.807, 2.05) is 0 Å². The summed E-state index contributed by atoms with van der Waals surface area (Å²) in [5.74, 6) is -4.57. The van der Waals surface area contributed by atoms with Crippen LogP contribution in [0.4, 0.5) is 18.9 Å². The van der Waals surface area contributed by atoms with E-state index in [0.29, 0.717) is 0 Å². The number of carbonyl (C=O) groups excluding carboxylic acids is 1. The lowest BCUT2D eigenvalue weighted by Crippen LogP contribution is -2.11. The van der Waals surface area contributed by atoms with Crippen molar-refractivity contribution in [3.63, 3.8) is 0 Å². The van der Waals surface area contributed by atoms with Crippen molar-refractivity contribution in [2.75, 3.05) is 19.0 Å². The number of rotatable bonds is 4. The molecule has 0 heterocycles. The van der Waals surface area contributed by atoms with Gasteiger partial charge in [0.05, 0.1) is 19.2 Å². The predicted octanol–water partition coefficient (Wildman–Crippen LogP) is 2.08. The lowest BCUT2D eigenvalue weighted by atomic mass is 10.2. The average Bonchev–Trinajstić information content (AvgIpc) is 2.29. The van der Waals surface area contributed by atoms with Gasteiger partial charge >= 0.3 is 5.97 Å². The average molecular weight is 233 g/mol. The van der Waals surface area contributed by atoms with Crippen molar-refractivity contribution in [1.82, 2.24) is 0 Å². The number of methoxy groups -OCH3 is 1. The number of esters is 1.